The molecule has 0 spiro atoms. The van der Waals surface area contributed by atoms with Gasteiger partial charge in [-0.05, 0) is 43.5 Å². The van der Waals surface area contributed by atoms with Crippen molar-refractivity contribution >= 4 is 17.6 Å². The van der Waals surface area contributed by atoms with Crippen LogP contribution in [-0.2, 0) is 0 Å². The molecule has 1 aliphatic heterocycles. The van der Waals surface area contributed by atoms with Gasteiger partial charge in [0.1, 0.15) is 5.84 Å². The van der Waals surface area contributed by atoms with Crippen LogP contribution in [0, 0.1) is 6.92 Å². The van der Waals surface area contributed by atoms with Crippen LogP contribution < -0.4 is 16.0 Å². The number of amides is 2. The van der Waals surface area contributed by atoms with E-state index in [9.17, 15) is 4.79 Å². The standard InChI is InChI=1S/C16H22N4O/c1-13-6-4-7-14(12-13)20-16(21)19-11-5-10-18-15-8-2-3-9-17-15/h2,4,6-8,12H,3,5,9-11H2,1H3,(H,17,18)(H2,19,20,21). The van der Waals surface area contributed by atoms with Gasteiger partial charge in [0.15, 0.2) is 0 Å². The Kier molecular flexibility index (Phi) is 5.82. The zero-order valence-corrected chi connectivity index (χ0v) is 12.4. The van der Waals surface area contributed by atoms with Crippen molar-refractivity contribution in [1.82, 2.24) is 10.6 Å². The highest BCUT2D eigenvalue weighted by Gasteiger charge is 2.01. The predicted octanol–water partition coefficient (Wildman–Crippen LogP) is 2.45. The lowest BCUT2D eigenvalue weighted by Crippen LogP contribution is -2.32. The minimum absolute atomic E-state index is 0.171. The van der Waals surface area contributed by atoms with Gasteiger partial charge < -0.3 is 16.0 Å². The SMILES string of the molecule is Cc1cccc(NC(=O)NCCCNC2=NCCC=C2)c1. The first-order valence-corrected chi connectivity index (χ1v) is 7.30. The molecule has 0 aromatic heterocycles. The van der Waals surface area contributed by atoms with Gasteiger partial charge in [0.25, 0.3) is 0 Å². The summed E-state index contributed by atoms with van der Waals surface area (Å²) in [5.74, 6) is 0.936. The minimum Gasteiger partial charge on any atom is -0.370 e. The summed E-state index contributed by atoms with van der Waals surface area (Å²) in [7, 11) is 0. The van der Waals surface area contributed by atoms with Gasteiger partial charge >= 0.3 is 6.03 Å². The van der Waals surface area contributed by atoms with E-state index >= 15 is 0 Å². The fourth-order valence-electron chi connectivity index (χ4n) is 2.03. The van der Waals surface area contributed by atoms with Gasteiger partial charge in [-0.2, -0.15) is 0 Å². The van der Waals surface area contributed by atoms with Crippen molar-refractivity contribution in [2.24, 2.45) is 4.99 Å². The number of amidine groups is 1. The molecule has 2 rings (SSSR count). The third kappa shape index (κ3) is 5.69. The number of carbonyl (C=O) groups excluding carboxylic acids is 1. The molecule has 5 heteroatoms. The van der Waals surface area contributed by atoms with E-state index in [1.807, 2.05) is 37.3 Å². The second kappa shape index (κ2) is 8.09. The predicted molar refractivity (Wildman–Crippen MR) is 86.9 cm³/mol. The van der Waals surface area contributed by atoms with Crippen LogP contribution in [0.2, 0.25) is 0 Å². The Morgan fingerprint density at radius 3 is 3.00 bits per heavy atom. The molecular weight excluding hydrogens is 264 g/mol. The normalized spacial score (nSPS) is 13.5. The van der Waals surface area contributed by atoms with Crippen LogP contribution in [0.15, 0.2) is 41.4 Å². The number of aliphatic imine (C=N–C) groups is 1. The Balaban J connectivity index is 1.59. The molecule has 0 unspecified atom stereocenters. The molecule has 112 valence electrons. The molecule has 0 saturated heterocycles. The first kappa shape index (κ1) is 15.1. The summed E-state index contributed by atoms with van der Waals surface area (Å²) in [4.78, 5) is 16.1. The summed E-state index contributed by atoms with van der Waals surface area (Å²) in [5, 5.41) is 8.90. The third-order valence-electron chi connectivity index (χ3n) is 3.07. The number of anilines is 1. The van der Waals surface area contributed by atoms with Gasteiger partial charge in [-0.3, -0.25) is 4.99 Å². The average molecular weight is 286 g/mol. The second-order valence-corrected chi connectivity index (χ2v) is 4.99. The van der Waals surface area contributed by atoms with E-state index in [1.165, 1.54) is 0 Å². The third-order valence-corrected chi connectivity index (χ3v) is 3.07. The molecule has 1 aliphatic rings. The zero-order valence-electron chi connectivity index (χ0n) is 12.4. The fourth-order valence-corrected chi connectivity index (χ4v) is 2.03. The van der Waals surface area contributed by atoms with Gasteiger partial charge in [-0.15, -0.1) is 0 Å². The highest BCUT2D eigenvalue weighted by Crippen LogP contribution is 2.08. The summed E-state index contributed by atoms with van der Waals surface area (Å²) in [6, 6.07) is 7.57. The minimum atomic E-state index is -0.171. The van der Waals surface area contributed by atoms with Crippen molar-refractivity contribution in [3.05, 3.63) is 42.0 Å². The molecule has 0 bridgehead atoms. The topological polar surface area (TPSA) is 65.5 Å². The zero-order chi connectivity index (χ0) is 14.9. The van der Waals surface area contributed by atoms with Gasteiger partial charge in [0.05, 0.1) is 0 Å². The van der Waals surface area contributed by atoms with Crippen LogP contribution >= 0.6 is 0 Å². The largest absolute Gasteiger partial charge is 0.370 e. The monoisotopic (exact) mass is 286 g/mol. The number of benzene rings is 1. The maximum absolute atomic E-state index is 11.7. The number of nitrogens with one attached hydrogen (secondary N) is 3. The molecule has 2 amide bonds. The second-order valence-electron chi connectivity index (χ2n) is 4.99. The molecule has 0 fully saturated rings. The number of hydrogen-bond donors (Lipinski definition) is 3. The molecule has 0 radical (unpaired) electrons. The first-order chi connectivity index (χ1) is 10.2. The van der Waals surface area contributed by atoms with Gasteiger partial charge in [-0.1, -0.05) is 18.2 Å². The summed E-state index contributed by atoms with van der Waals surface area (Å²) in [6.45, 7) is 4.28. The Labute approximate surface area is 125 Å². The van der Waals surface area contributed by atoms with E-state index in [2.05, 4.69) is 27.0 Å². The lowest BCUT2D eigenvalue weighted by molar-refractivity contribution is 0.252. The Morgan fingerprint density at radius 1 is 1.33 bits per heavy atom. The highest BCUT2D eigenvalue weighted by molar-refractivity contribution is 5.93. The van der Waals surface area contributed by atoms with E-state index in [0.717, 1.165) is 43.0 Å². The van der Waals surface area contributed by atoms with Crippen LogP contribution in [-0.4, -0.2) is 31.5 Å². The van der Waals surface area contributed by atoms with Crippen LogP contribution in [0.25, 0.3) is 0 Å². The summed E-state index contributed by atoms with van der Waals surface area (Å²) in [5.41, 5.74) is 1.94. The van der Waals surface area contributed by atoms with Crippen molar-refractivity contribution in [2.75, 3.05) is 25.0 Å². The molecule has 5 nitrogen and oxygen atoms in total. The van der Waals surface area contributed by atoms with E-state index < -0.39 is 0 Å². The van der Waals surface area contributed by atoms with E-state index in [1.54, 1.807) is 0 Å². The van der Waals surface area contributed by atoms with Crippen molar-refractivity contribution in [1.29, 1.82) is 0 Å². The molecule has 1 heterocycles. The van der Waals surface area contributed by atoms with Crippen LogP contribution in [0.3, 0.4) is 0 Å². The Bertz CT molecular complexity index is 537. The molecule has 0 aliphatic carbocycles. The molecule has 0 atom stereocenters. The van der Waals surface area contributed by atoms with Crippen molar-refractivity contribution in [3.8, 4) is 0 Å². The van der Waals surface area contributed by atoms with Crippen molar-refractivity contribution < 1.29 is 4.79 Å². The molecule has 1 aromatic rings. The summed E-state index contributed by atoms with van der Waals surface area (Å²) >= 11 is 0. The molecule has 0 saturated carbocycles. The fraction of sp³-hybridized carbons (Fsp3) is 0.375. The number of urea groups is 1. The molecule has 1 aromatic carbocycles. The van der Waals surface area contributed by atoms with E-state index in [0.29, 0.717) is 6.54 Å². The summed E-state index contributed by atoms with van der Waals surface area (Å²) < 4.78 is 0. The number of dihydropyridines is 1. The maximum Gasteiger partial charge on any atom is 0.319 e. The smallest absolute Gasteiger partial charge is 0.319 e. The van der Waals surface area contributed by atoms with E-state index in [-0.39, 0.29) is 6.03 Å². The molecule has 3 N–H and O–H groups in total. The van der Waals surface area contributed by atoms with Gasteiger partial charge in [0, 0.05) is 25.3 Å². The first-order valence-electron chi connectivity index (χ1n) is 7.30. The van der Waals surface area contributed by atoms with Crippen molar-refractivity contribution in [3.63, 3.8) is 0 Å². The van der Waals surface area contributed by atoms with Crippen molar-refractivity contribution in [2.45, 2.75) is 19.8 Å². The van der Waals surface area contributed by atoms with E-state index in [4.69, 9.17) is 0 Å². The molecule has 21 heavy (non-hydrogen) atoms. The highest BCUT2D eigenvalue weighted by atomic mass is 16.2. The number of nitrogens with zero attached hydrogens (tertiary/aromatic N) is 1. The number of rotatable bonds is 5. The lowest BCUT2D eigenvalue weighted by atomic mass is 10.2. The Morgan fingerprint density at radius 2 is 2.24 bits per heavy atom. The van der Waals surface area contributed by atoms with Crippen LogP contribution in [0.5, 0.6) is 0 Å². The number of carbonyl (C=O) groups is 1. The number of aryl methyl sites for hydroxylation is 1. The van der Waals surface area contributed by atoms with Crippen LogP contribution in [0.4, 0.5) is 10.5 Å². The lowest BCUT2D eigenvalue weighted by Gasteiger charge is -2.10. The van der Waals surface area contributed by atoms with Gasteiger partial charge in [0.2, 0.25) is 0 Å². The Hall–Kier alpha value is -2.30. The average Bonchev–Trinajstić information content (AvgIpc) is 2.48. The maximum atomic E-state index is 11.7. The quantitative estimate of drug-likeness (QED) is 0.728. The van der Waals surface area contributed by atoms with Gasteiger partial charge in [-0.25, -0.2) is 4.79 Å². The number of hydrogen-bond acceptors (Lipinski definition) is 3. The van der Waals surface area contributed by atoms with Crippen LogP contribution in [0.1, 0.15) is 18.4 Å². The summed E-state index contributed by atoms with van der Waals surface area (Å²) in [6.07, 6.45) is 5.99. The molecular formula is C16H22N4O.